The summed E-state index contributed by atoms with van der Waals surface area (Å²) in [4.78, 5) is 4.17. The van der Waals surface area contributed by atoms with E-state index in [1.165, 1.54) is 11.8 Å². The summed E-state index contributed by atoms with van der Waals surface area (Å²) in [5.74, 6) is 1.40. The topological polar surface area (TPSA) is 76.6 Å². The maximum Gasteiger partial charge on any atom is 0.197 e. The van der Waals surface area contributed by atoms with Gasteiger partial charge in [0.25, 0.3) is 0 Å². The van der Waals surface area contributed by atoms with E-state index in [2.05, 4.69) is 21.3 Å². The minimum atomic E-state index is -0.246. The zero-order valence-corrected chi connectivity index (χ0v) is 14.8. The van der Waals surface area contributed by atoms with E-state index in [-0.39, 0.29) is 5.25 Å². The summed E-state index contributed by atoms with van der Waals surface area (Å²) < 4.78 is 7.69. The molecule has 0 N–H and O–H groups in total. The van der Waals surface area contributed by atoms with Crippen LogP contribution in [0.3, 0.4) is 0 Å². The molecule has 1 atom stereocenters. The van der Waals surface area contributed by atoms with E-state index in [0.29, 0.717) is 17.6 Å². The van der Waals surface area contributed by atoms with E-state index in [0.717, 1.165) is 17.0 Å². The van der Waals surface area contributed by atoms with E-state index >= 15 is 0 Å². The van der Waals surface area contributed by atoms with Crippen LogP contribution in [0.15, 0.2) is 53.9 Å². The van der Waals surface area contributed by atoms with Crippen LogP contribution in [0.25, 0.3) is 17.1 Å². The summed E-state index contributed by atoms with van der Waals surface area (Å²) in [6.45, 7) is 4.33. The molecule has 2 heterocycles. The van der Waals surface area contributed by atoms with Gasteiger partial charge in [0, 0.05) is 18.0 Å². The van der Waals surface area contributed by atoms with Gasteiger partial charge in [-0.05, 0) is 38.1 Å². The summed E-state index contributed by atoms with van der Waals surface area (Å²) in [7, 11) is 0. The van der Waals surface area contributed by atoms with Gasteiger partial charge in [0.05, 0.1) is 23.6 Å². The number of benzene rings is 1. The van der Waals surface area contributed by atoms with Gasteiger partial charge in [-0.25, -0.2) is 0 Å². The molecule has 25 heavy (non-hydrogen) atoms. The molecule has 0 aliphatic heterocycles. The molecule has 0 amide bonds. The molecule has 0 aliphatic carbocycles. The number of para-hydroxylation sites is 2. The number of nitriles is 1. The number of aromatic nitrogens is 4. The number of thioether (sulfide) groups is 1. The number of ether oxygens (including phenoxy) is 1. The van der Waals surface area contributed by atoms with E-state index in [1.54, 1.807) is 12.4 Å². The van der Waals surface area contributed by atoms with Crippen molar-refractivity contribution < 1.29 is 4.74 Å². The maximum absolute atomic E-state index is 9.16. The van der Waals surface area contributed by atoms with Gasteiger partial charge in [-0.3, -0.25) is 9.55 Å². The van der Waals surface area contributed by atoms with Gasteiger partial charge >= 0.3 is 0 Å². The van der Waals surface area contributed by atoms with Crippen molar-refractivity contribution in [2.75, 3.05) is 6.61 Å². The van der Waals surface area contributed by atoms with Gasteiger partial charge in [-0.1, -0.05) is 23.9 Å². The van der Waals surface area contributed by atoms with Crippen LogP contribution >= 0.6 is 11.8 Å². The molecule has 6 nitrogen and oxygen atoms in total. The Morgan fingerprint density at radius 2 is 2.08 bits per heavy atom. The van der Waals surface area contributed by atoms with E-state index < -0.39 is 0 Å². The van der Waals surface area contributed by atoms with Crippen LogP contribution in [-0.4, -0.2) is 31.6 Å². The summed E-state index contributed by atoms with van der Waals surface area (Å²) in [5, 5.41) is 18.2. The van der Waals surface area contributed by atoms with Crippen LogP contribution < -0.4 is 4.74 Å². The Morgan fingerprint density at radius 1 is 1.24 bits per heavy atom. The molecule has 0 spiro atoms. The molecule has 7 heteroatoms. The lowest BCUT2D eigenvalue weighted by Crippen LogP contribution is -2.05. The van der Waals surface area contributed by atoms with Gasteiger partial charge in [0.1, 0.15) is 5.75 Å². The first-order valence-electron chi connectivity index (χ1n) is 7.89. The first-order valence-corrected chi connectivity index (χ1v) is 8.76. The fraction of sp³-hybridized carbons (Fsp3) is 0.222. The number of hydrogen-bond donors (Lipinski definition) is 0. The Hall–Kier alpha value is -2.85. The lowest BCUT2D eigenvalue weighted by atomic mass is 10.2. The summed E-state index contributed by atoms with van der Waals surface area (Å²) in [6.07, 6.45) is 3.46. The van der Waals surface area contributed by atoms with E-state index in [9.17, 15) is 0 Å². The number of rotatable bonds is 6. The van der Waals surface area contributed by atoms with Crippen molar-refractivity contribution in [2.24, 2.45) is 0 Å². The normalized spacial score (nSPS) is 11.7. The maximum atomic E-state index is 9.16. The Bertz CT molecular complexity index is 888. The molecule has 0 unspecified atom stereocenters. The highest BCUT2D eigenvalue weighted by Crippen LogP contribution is 2.33. The predicted molar refractivity (Wildman–Crippen MR) is 96.7 cm³/mol. The van der Waals surface area contributed by atoms with Crippen molar-refractivity contribution >= 4 is 11.8 Å². The molecule has 0 radical (unpaired) electrons. The van der Waals surface area contributed by atoms with Gasteiger partial charge in [-0.15, -0.1) is 10.2 Å². The third kappa shape index (κ3) is 3.64. The smallest absolute Gasteiger partial charge is 0.197 e. The molecule has 0 bridgehead atoms. The van der Waals surface area contributed by atoms with Crippen molar-refractivity contribution in [2.45, 2.75) is 24.3 Å². The molecule has 0 aliphatic rings. The van der Waals surface area contributed by atoms with Crippen LogP contribution in [0.1, 0.15) is 13.8 Å². The third-order valence-corrected chi connectivity index (χ3v) is 4.36. The summed E-state index contributed by atoms with van der Waals surface area (Å²) in [5.41, 5.74) is 1.68. The molecule has 3 aromatic rings. The second kappa shape index (κ2) is 7.81. The van der Waals surface area contributed by atoms with Crippen LogP contribution in [0, 0.1) is 11.3 Å². The molecular weight excluding hydrogens is 334 g/mol. The molecule has 0 saturated carbocycles. The summed E-state index contributed by atoms with van der Waals surface area (Å²) >= 11 is 1.36. The zero-order valence-electron chi connectivity index (χ0n) is 14.0. The van der Waals surface area contributed by atoms with Gasteiger partial charge in [0.2, 0.25) is 0 Å². The zero-order chi connectivity index (χ0) is 17.6. The van der Waals surface area contributed by atoms with Gasteiger partial charge < -0.3 is 4.74 Å². The number of pyridine rings is 1. The molecular formula is C18H17N5OS. The highest BCUT2D eigenvalue weighted by atomic mass is 32.2. The van der Waals surface area contributed by atoms with Crippen molar-refractivity contribution in [3.8, 4) is 28.9 Å². The molecule has 3 rings (SSSR count). The number of hydrogen-bond acceptors (Lipinski definition) is 6. The predicted octanol–water partition coefficient (Wildman–Crippen LogP) is 3.73. The Kier molecular flexibility index (Phi) is 5.31. The standard InChI is InChI=1S/C18H17N5OS/c1-3-24-16-9-5-4-8-15(16)23-17(14-7-6-10-20-12-14)21-22-18(23)25-13(2)11-19/h4-10,12-13H,3H2,1-2H3/t13-/m0/s1. The number of nitrogens with zero attached hydrogens (tertiary/aromatic N) is 5. The van der Waals surface area contributed by atoms with Crippen molar-refractivity contribution in [3.63, 3.8) is 0 Å². The van der Waals surface area contributed by atoms with E-state index in [4.69, 9.17) is 10.00 Å². The Labute approximate surface area is 150 Å². The second-order valence-corrected chi connectivity index (χ2v) is 6.48. The minimum absolute atomic E-state index is 0.246. The largest absolute Gasteiger partial charge is 0.492 e. The molecule has 0 fully saturated rings. The Morgan fingerprint density at radius 3 is 2.80 bits per heavy atom. The highest BCUT2D eigenvalue weighted by molar-refractivity contribution is 8.00. The molecule has 2 aromatic heterocycles. The lowest BCUT2D eigenvalue weighted by molar-refractivity contribution is 0.338. The first kappa shape index (κ1) is 17.0. The van der Waals surface area contributed by atoms with Crippen molar-refractivity contribution in [1.82, 2.24) is 19.7 Å². The SMILES string of the molecule is CCOc1ccccc1-n1c(S[C@@H](C)C#N)nnc1-c1cccnc1. The summed E-state index contributed by atoms with van der Waals surface area (Å²) in [6, 6.07) is 13.7. The third-order valence-electron chi connectivity index (χ3n) is 3.42. The highest BCUT2D eigenvalue weighted by Gasteiger charge is 2.20. The van der Waals surface area contributed by atoms with Crippen LogP contribution in [0.5, 0.6) is 5.75 Å². The first-order chi connectivity index (χ1) is 12.2. The van der Waals surface area contributed by atoms with Gasteiger partial charge in [-0.2, -0.15) is 5.26 Å². The van der Waals surface area contributed by atoms with E-state index in [1.807, 2.05) is 54.8 Å². The quantitative estimate of drug-likeness (QED) is 0.630. The van der Waals surface area contributed by atoms with Crippen LogP contribution in [0.2, 0.25) is 0 Å². The molecule has 0 saturated heterocycles. The Balaban J connectivity index is 2.19. The second-order valence-electron chi connectivity index (χ2n) is 5.17. The minimum Gasteiger partial charge on any atom is -0.492 e. The fourth-order valence-corrected chi connectivity index (χ4v) is 3.10. The lowest BCUT2D eigenvalue weighted by Gasteiger charge is -2.15. The van der Waals surface area contributed by atoms with Crippen molar-refractivity contribution in [3.05, 3.63) is 48.8 Å². The average molecular weight is 351 g/mol. The van der Waals surface area contributed by atoms with Crippen LogP contribution in [-0.2, 0) is 0 Å². The fourth-order valence-electron chi connectivity index (χ4n) is 2.35. The molecule has 126 valence electrons. The van der Waals surface area contributed by atoms with Crippen molar-refractivity contribution in [1.29, 1.82) is 5.26 Å². The van der Waals surface area contributed by atoms with Gasteiger partial charge in [0.15, 0.2) is 11.0 Å². The monoisotopic (exact) mass is 351 g/mol. The molecule has 1 aromatic carbocycles. The van der Waals surface area contributed by atoms with Crippen LogP contribution in [0.4, 0.5) is 0 Å². The average Bonchev–Trinajstić information content (AvgIpc) is 3.06.